The third-order valence-electron chi connectivity index (χ3n) is 0.342. The van der Waals surface area contributed by atoms with Crippen LogP contribution in [0.4, 0.5) is 13.2 Å². The fourth-order valence-electron chi connectivity index (χ4n) is 0.0873. The number of alkyl halides is 3. The second-order valence-corrected chi connectivity index (χ2v) is 1.90. The van der Waals surface area contributed by atoms with Crippen molar-refractivity contribution in [1.82, 2.24) is 0 Å². The van der Waals surface area contributed by atoms with E-state index in [2.05, 4.69) is 9.37 Å². The van der Waals surface area contributed by atoms with Gasteiger partial charge in [0.2, 0.25) is 0 Å². The smallest absolute Gasteiger partial charge is 0.243 e. The normalized spacial score (nSPS) is 12.0. The van der Waals surface area contributed by atoms with Crippen LogP contribution in [0.2, 0.25) is 0 Å². The van der Waals surface area contributed by atoms with Crippen molar-refractivity contribution in [3.05, 3.63) is 0 Å². The molecule has 0 saturated heterocycles. The first-order valence-electron chi connectivity index (χ1n) is 1.72. The van der Waals surface area contributed by atoms with E-state index in [1.54, 1.807) is 0 Å². The molecule has 0 radical (unpaired) electrons. The number of rotatable bonds is 4. The van der Waals surface area contributed by atoms with Crippen LogP contribution in [0, 0.1) is 0 Å². The molecule has 0 aromatic carbocycles. The second kappa shape index (κ2) is 3.94. The minimum absolute atomic E-state index is 0.602. The summed E-state index contributed by atoms with van der Waals surface area (Å²) < 4.78 is 37.6. The van der Waals surface area contributed by atoms with E-state index < -0.39 is 24.0 Å². The average molecular weight is 164 g/mol. The van der Waals surface area contributed by atoms with Crippen molar-refractivity contribution >= 4 is 12.0 Å². The highest BCUT2D eigenvalue weighted by molar-refractivity contribution is 7.95. The van der Waals surface area contributed by atoms with Crippen molar-refractivity contribution in [3.8, 4) is 0 Å². The summed E-state index contributed by atoms with van der Waals surface area (Å²) in [7, 11) is 0. The number of hydrogen-bond donors (Lipinski definition) is 1. The predicted octanol–water partition coefficient (Wildman–Crippen LogP) is 1.62. The quantitative estimate of drug-likeness (QED) is 0.389. The SMILES string of the molecule is OOOSC(F)(F)CF. The maximum Gasteiger partial charge on any atom is 0.348 e. The van der Waals surface area contributed by atoms with E-state index in [0.29, 0.717) is 0 Å². The lowest BCUT2D eigenvalue weighted by atomic mass is 10.8. The van der Waals surface area contributed by atoms with Crippen LogP contribution in [0.15, 0.2) is 0 Å². The number of halogens is 3. The van der Waals surface area contributed by atoms with Gasteiger partial charge in [-0.25, -0.2) is 9.65 Å². The van der Waals surface area contributed by atoms with Crippen LogP contribution < -0.4 is 0 Å². The summed E-state index contributed by atoms with van der Waals surface area (Å²) in [5, 5.41) is 6.46. The van der Waals surface area contributed by atoms with E-state index in [1.165, 1.54) is 0 Å². The summed E-state index contributed by atoms with van der Waals surface area (Å²) in [6.07, 6.45) is 0. The fraction of sp³-hybridized carbons (Fsp3) is 1.00. The molecule has 0 atom stereocenters. The predicted molar refractivity (Wildman–Crippen MR) is 23.3 cm³/mol. The van der Waals surface area contributed by atoms with Gasteiger partial charge in [0.05, 0.1) is 0 Å². The Balaban J connectivity index is 3.33. The summed E-state index contributed by atoms with van der Waals surface area (Å²) >= 11 is -0.602. The molecule has 0 aliphatic rings. The monoisotopic (exact) mass is 164 g/mol. The van der Waals surface area contributed by atoms with Crippen molar-refractivity contribution in [2.24, 2.45) is 0 Å². The third-order valence-corrected chi connectivity index (χ3v) is 0.824. The Morgan fingerprint density at radius 3 is 2.44 bits per heavy atom. The van der Waals surface area contributed by atoms with Crippen LogP contribution in [-0.4, -0.2) is 17.2 Å². The minimum atomic E-state index is -3.66. The molecule has 56 valence electrons. The van der Waals surface area contributed by atoms with Crippen molar-refractivity contribution in [2.45, 2.75) is 5.25 Å². The molecule has 0 rings (SSSR count). The molecule has 1 N–H and O–H groups in total. The van der Waals surface area contributed by atoms with Gasteiger partial charge in [-0.15, -0.1) is 4.33 Å². The van der Waals surface area contributed by atoms with Crippen LogP contribution in [0.1, 0.15) is 0 Å². The fourth-order valence-corrected chi connectivity index (χ4v) is 0.262. The zero-order chi connectivity index (χ0) is 7.33. The molecule has 0 amide bonds. The molecule has 0 aromatic heterocycles. The molecule has 0 bridgehead atoms. The van der Waals surface area contributed by atoms with Gasteiger partial charge in [-0.3, -0.25) is 0 Å². The minimum Gasteiger partial charge on any atom is -0.243 e. The molecule has 3 nitrogen and oxygen atoms in total. The van der Waals surface area contributed by atoms with Gasteiger partial charge < -0.3 is 0 Å². The highest BCUT2D eigenvalue weighted by Gasteiger charge is 2.32. The van der Waals surface area contributed by atoms with Crippen LogP contribution in [0.5, 0.6) is 0 Å². The summed E-state index contributed by atoms with van der Waals surface area (Å²) in [6.45, 7) is -1.87. The average Bonchev–Trinajstić information content (AvgIpc) is 1.84. The third kappa shape index (κ3) is 4.52. The largest absolute Gasteiger partial charge is 0.348 e. The Hall–Kier alpha value is 0.0200. The Labute approximate surface area is 52.8 Å². The van der Waals surface area contributed by atoms with E-state index in [-0.39, 0.29) is 0 Å². The van der Waals surface area contributed by atoms with Gasteiger partial charge in [0, 0.05) is 0 Å². The van der Waals surface area contributed by atoms with Gasteiger partial charge >= 0.3 is 5.25 Å². The Morgan fingerprint density at radius 2 is 2.11 bits per heavy atom. The summed E-state index contributed by atoms with van der Waals surface area (Å²) in [5.41, 5.74) is 0. The molecule has 0 fully saturated rings. The standard InChI is InChI=1S/C2H3F3O3S/c3-1-2(4,5)9-8-7-6/h6H,1H2. The molecule has 0 heterocycles. The molecule has 9 heavy (non-hydrogen) atoms. The van der Waals surface area contributed by atoms with Crippen molar-refractivity contribution in [3.63, 3.8) is 0 Å². The Morgan fingerprint density at radius 1 is 1.56 bits per heavy atom. The van der Waals surface area contributed by atoms with Crippen molar-refractivity contribution < 1.29 is 27.8 Å². The lowest BCUT2D eigenvalue weighted by molar-refractivity contribution is -0.433. The Kier molecular flexibility index (Phi) is 3.95. The zero-order valence-electron chi connectivity index (χ0n) is 4.01. The molecule has 7 heteroatoms. The van der Waals surface area contributed by atoms with E-state index in [4.69, 9.17) is 5.26 Å². The van der Waals surface area contributed by atoms with Crippen LogP contribution in [0.25, 0.3) is 0 Å². The maximum atomic E-state index is 11.6. The highest BCUT2D eigenvalue weighted by Crippen LogP contribution is 2.29. The van der Waals surface area contributed by atoms with Crippen molar-refractivity contribution in [2.75, 3.05) is 6.67 Å². The lowest BCUT2D eigenvalue weighted by Gasteiger charge is -2.05. The first kappa shape index (κ1) is 9.02. The van der Waals surface area contributed by atoms with Gasteiger partial charge in [0.15, 0.2) is 6.67 Å². The first-order valence-corrected chi connectivity index (χ1v) is 2.46. The molecular weight excluding hydrogens is 161 g/mol. The molecule has 0 saturated carbocycles. The Bertz CT molecular complexity index is 79.5. The number of hydrogen-bond acceptors (Lipinski definition) is 4. The molecule has 0 aliphatic carbocycles. The van der Waals surface area contributed by atoms with E-state index in [1.807, 2.05) is 0 Å². The van der Waals surface area contributed by atoms with Crippen LogP contribution in [-0.2, 0) is 9.37 Å². The molecule has 0 aromatic rings. The topological polar surface area (TPSA) is 38.7 Å². The molecule has 0 spiro atoms. The van der Waals surface area contributed by atoms with E-state index in [9.17, 15) is 13.2 Å². The van der Waals surface area contributed by atoms with Gasteiger partial charge in [0.1, 0.15) is 12.0 Å². The van der Waals surface area contributed by atoms with Gasteiger partial charge in [0.25, 0.3) is 0 Å². The molecular formula is C2H3F3O3S. The van der Waals surface area contributed by atoms with Gasteiger partial charge in [-0.05, 0) is 0 Å². The van der Waals surface area contributed by atoms with E-state index >= 15 is 0 Å². The van der Waals surface area contributed by atoms with Crippen LogP contribution in [0.3, 0.4) is 0 Å². The first-order chi connectivity index (χ1) is 4.12. The maximum absolute atomic E-state index is 11.6. The summed E-state index contributed by atoms with van der Waals surface area (Å²) in [5.74, 6) is 0. The molecule has 0 unspecified atom stereocenters. The summed E-state index contributed by atoms with van der Waals surface area (Å²) in [4.78, 5) is 0. The summed E-state index contributed by atoms with van der Waals surface area (Å²) in [6, 6.07) is 0. The molecule has 0 aliphatic heterocycles. The van der Waals surface area contributed by atoms with E-state index in [0.717, 1.165) is 0 Å². The van der Waals surface area contributed by atoms with Crippen LogP contribution >= 0.6 is 12.0 Å². The lowest BCUT2D eigenvalue weighted by Crippen LogP contribution is -2.13. The highest BCUT2D eigenvalue weighted by atomic mass is 32.2. The zero-order valence-corrected chi connectivity index (χ0v) is 4.83. The second-order valence-electron chi connectivity index (χ2n) is 0.997. The van der Waals surface area contributed by atoms with Gasteiger partial charge in [-0.1, -0.05) is 5.04 Å². The van der Waals surface area contributed by atoms with Gasteiger partial charge in [-0.2, -0.15) is 8.78 Å². The van der Waals surface area contributed by atoms with Crippen molar-refractivity contribution in [1.29, 1.82) is 0 Å².